The van der Waals surface area contributed by atoms with Crippen molar-refractivity contribution in [3.63, 3.8) is 0 Å². The van der Waals surface area contributed by atoms with Crippen LogP contribution in [-0.4, -0.2) is 11.5 Å². The highest BCUT2D eigenvalue weighted by molar-refractivity contribution is 7.80. The number of thiol groups is 2. The third-order valence-corrected chi connectivity index (χ3v) is 4.33. The monoisotopic (exact) mass is 204 g/mol. The zero-order valence-corrected chi connectivity index (χ0v) is 9.66. The molecule has 0 saturated heterocycles. The number of rotatable bonds is 3. The van der Waals surface area contributed by atoms with Crippen molar-refractivity contribution in [2.75, 3.05) is 11.5 Å². The quantitative estimate of drug-likeness (QED) is 0.648. The maximum Gasteiger partial charge on any atom is -0.00695 e. The van der Waals surface area contributed by atoms with Crippen molar-refractivity contribution in [1.82, 2.24) is 0 Å². The van der Waals surface area contributed by atoms with E-state index in [1.165, 1.54) is 25.7 Å². The summed E-state index contributed by atoms with van der Waals surface area (Å²) in [6, 6.07) is 0. The van der Waals surface area contributed by atoms with Crippen molar-refractivity contribution < 1.29 is 0 Å². The molecular formula is C10H20S2. The Bertz CT molecular complexity index is 117. The molecule has 0 aromatic carbocycles. The maximum atomic E-state index is 4.36. The van der Waals surface area contributed by atoms with Crippen LogP contribution < -0.4 is 0 Å². The van der Waals surface area contributed by atoms with Gasteiger partial charge in [-0.05, 0) is 54.9 Å². The fraction of sp³-hybridized carbons (Fsp3) is 1.00. The first-order chi connectivity index (χ1) is 5.77. The second kappa shape index (κ2) is 5.43. The Balaban J connectivity index is 2.25. The van der Waals surface area contributed by atoms with Gasteiger partial charge in [-0.15, -0.1) is 0 Å². The van der Waals surface area contributed by atoms with Crippen LogP contribution in [0.2, 0.25) is 0 Å². The van der Waals surface area contributed by atoms with Crippen molar-refractivity contribution in [1.29, 1.82) is 0 Å². The molecule has 12 heavy (non-hydrogen) atoms. The molecule has 0 aromatic heterocycles. The summed E-state index contributed by atoms with van der Waals surface area (Å²) in [5.41, 5.74) is 0. The molecule has 1 unspecified atom stereocenters. The van der Waals surface area contributed by atoms with Gasteiger partial charge in [-0.2, -0.15) is 25.3 Å². The van der Waals surface area contributed by atoms with Crippen LogP contribution in [0.15, 0.2) is 0 Å². The van der Waals surface area contributed by atoms with Gasteiger partial charge in [-0.3, -0.25) is 0 Å². The van der Waals surface area contributed by atoms with Crippen LogP contribution >= 0.6 is 25.3 Å². The van der Waals surface area contributed by atoms with E-state index < -0.39 is 0 Å². The molecule has 1 rings (SSSR count). The van der Waals surface area contributed by atoms with Gasteiger partial charge in [-0.1, -0.05) is 6.92 Å². The predicted molar refractivity (Wildman–Crippen MR) is 62.3 cm³/mol. The first kappa shape index (κ1) is 10.8. The highest BCUT2D eigenvalue weighted by Crippen LogP contribution is 2.34. The molecule has 0 nitrogen and oxygen atoms in total. The molecular weight excluding hydrogens is 184 g/mol. The Hall–Kier alpha value is 0.700. The molecule has 0 amide bonds. The van der Waals surface area contributed by atoms with Gasteiger partial charge in [0.1, 0.15) is 0 Å². The Morgan fingerprint density at radius 1 is 1.17 bits per heavy atom. The lowest BCUT2D eigenvalue weighted by Crippen LogP contribution is -2.21. The van der Waals surface area contributed by atoms with Crippen LogP contribution in [-0.2, 0) is 0 Å². The van der Waals surface area contributed by atoms with Crippen LogP contribution in [0.5, 0.6) is 0 Å². The summed E-state index contributed by atoms with van der Waals surface area (Å²) in [6.45, 7) is 2.33. The Morgan fingerprint density at radius 3 is 2.17 bits per heavy atom. The van der Waals surface area contributed by atoms with Gasteiger partial charge < -0.3 is 0 Å². The maximum absolute atomic E-state index is 4.36. The molecule has 1 aliphatic carbocycles. The minimum Gasteiger partial charge on any atom is -0.179 e. The highest BCUT2D eigenvalue weighted by Gasteiger charge is 2.23. The molecule has 1 saturated carbocycles. The van der Waals surface area contributed by atoms with Gasteiger partial charge in [0.15, 0.2) is 0 Å². The first-order valence-electron chi connectivity index (χ1n) is 4.99. The lowest BCUT2D eigenvalue weighted by Gasteiger charge is -2.30. The standard InChI is InChI=1S/C10H20S2/c1-8(6-11)10-4-2-9(7-12)3-5-10/h8-12H,2-7H2,1H3. The Morgan fingerprint density at radius 2 is 1.75 bits per heavy atom. The topological polar surface area (TPSA) is 0 Å². The van der Waals surface area contributed by atoms with E-state index >= 15 is 0 Å². The Labute approximate surface area is 87.3 Å². The molecule has 0 radical (unpaired) electrons. The van der Waals surface area contributed by atoms with Gasteiger partial charge in [0.05, 0.1) is 0 Å². The number of hydrogen-bond donors (Lipinski definition) is 2. The normalized spacial score (nSPS) is 33.2. The molecule has 0 aliphatic heterocycles. The summed E-state index contributed by atoms with van der Waals surface area (Å²) >= 11 is 8.71. The second-order valence-electron chi connectivity index (χ2n) is 4.12. The zero-order valence-electron chi connectivity index (χ0n) is 7.87. The van der Waals surface area contributed by atoms with Crippen molar-refractivity contribution in [3.8, 4) is 0 Å². The summed E-state index contributed by atoms with van der Waals surface area (Å²) in [5.74, 6) is 4.79. The molecule has 0 N–H and O–H groups in total. The predicted octanol–water partition coefficient (Wildman–Crippen LogP) is 3.29. The highest BCUT2D eigenvalue weighted by atomic mass is 32.1. The van der Waals surface area contributed by atoms with Crippen LogP contribution in [0.3, 0.4) is 0 Å². The third kappa shape index (κ3) is 2.88. The van der Waals surface area contributed by atoms with Gasteiger partial charge >= 0.3 is 0 Å². The summed E-state index contributed by atoms with van der Waals surface area (Å²) in [7, 11) is 0. The van der Waals surface area contributed by atoms with Gasteiger partial charge in [0, 0.05) is 0 Å². The van der Waals surface area contributed by atoms with E-state index in [1.807, 2.05) is 0 Å². The zero-order chi connectivity index (χ0) is 8.97. The molecule has 1 atom stereocenters. The lowest BCUT2D eigenvalue weighted by molar-refractivity contribution is 0.240. The summed E-state index contributed by atoms with van der Waals surface area (Å²) in [4.78, 5) is 0. The summed E-state index contributed by atoms with van der Waals surface area (Å²) < 4.78 is 0. The fourth-order valence-electron chi connectivity index (χ4n) is 2.09. The average molecular weight is 204 g/mol. The van der Waals surface area contributed by atoms with E-state index in [-0.39, 0.29) is 0 Å². The smallest absolute Gasteiger partial charge is 0.00695 e. The van der Waals surface area contributed by atoms with E-state index in [2.05, 4.69) is 32.2 Å². The molecule has 72 valence electrons. The minimum absolute atomic E-state index is 0.814. The number of hydrogen-bond acceptors (Lipinski definition) is 2. The SMILES string of the molecule is CC(CS)C1CCC(CS)CC1. The van der Waals surface area contributed by atoms with Crippen molar-refractivity contribution >= 4 is 25.3 Å². The largest absolute Gasteiger partial charge is 0.179 e. The van der Waals surface area contributed by atoms with Crippen molar-refractivity contribution in [3.05, 3.63) is 0 Å². The van der Waals surface area contributed by atoms with E-state index in [9.17, 15) is 0 Å². The molecule has 0 spiro atoms. The fourth-order valence-corrected chi connectivity index (χ4v) is 2.75. The average Bonchev–Trinajstić information content (AvgIpc) is 2.17. The van der Waals surface area contributed by atoms with Crippen LogP contribution in [0.25, 0.3) is 0 Å². The van der Waals surface area contributed by atoms with E-state index in [0.29, 0.717) is 0 Å². The van der Waals surface area contributed by atoms with E-state index in [0.717, 1.165) is 29.3 Å². The molecule has 0 aromatic rings. The van der Waals surface area contributed by atoms with Gasteiger partial charge in [0.2, 0.25) is 0 Å². The third-order valence-electron chi connectivity index (χ3n) is 3.24. The molecule has 1 fully saturated rings. The molecule has 0 heterocycles. The lowest BCUT2D eigenvalue weighted by atomic mass is 9.77. The van der Waals surface area contributed by atoms with Crippen LogP contribution in [0, 0.1) is 17.8 Å². The van der Waals surface area contributed by atoms with E-state index in [4.69, 9.17) is 0 Å². The van der Waals surface area contributed by atoms with Crippen molar-refractivity contribution in [2.45, 2.75) is 32.6 Å². The summed E-state index contributed by atoms with van der Waals surface area (Å²) in [6.07, 6.45) is 5.61. The van der Waals surface area contributed by atoms with Crippen LogP contribution in [0.4, 0.5) is 0 Å². The van der Waals surface area contributed by atoms with Gasteiger partial charge in [0.25, 0.3) is 0 Å². The molecule has 0 bridgehead atoms. The second-order valence-corrected chi connectivity index (χ2v) is 4.85. The summed E-state index contributed by atoms with van der Waals surface area (Å²) in [5, 5.41) is 0. The van der Waals surface area contributed by atoms with Crippen molar-refractivity contribution in [2.24, 2.45) is 17.8 Å². The molecule has 2 heteroatoms. The van der Waals surface area contributed by atoms with E-state index in [1.54, 1.807) is 0 Å². The van der Waals surface area contributed by atoms with Crippen LogP contribution in [0.1, 0.15) is 32.6 Å². The first-order valence-corrected chi connectivity index (χ1v) is 6.26. The van der Waals surface area contributed by atoms with Gasteiger partial charge in [-0.25, -0.2) is 0 Å². The Kier molecular flexibility index (Phi) is 4.88. The minimum atomic E-state index is 0.814. The molecule has 1 aliphatic rings.